The van der Waals surface area contributed by atoms with Gasteiger partial charge in [0.2, 0.25) is 5.91 Å². The molecule has 0 radical (unpaired) electrons. The summed E-state index contributed by atoms with van der Waals surface area (Å²) in [6.07, 6.45) is 1.51. The number of hydrogen-bond acceptors (Lipinski definition) is 5. The largest absolute Gasteiger partial charge is 0.372 e. The molecule has 0 spiro atoms. The van der Waals surface area contributed by atoms with Crippen molar-refractivity contribution in [3.63, 3.8) is 0 Å². The number of carbonyl (C=O) groups is 1. The Labute approximate surface area is 162 Å². The van der Waals surface area contributed by atoms with Crippen LogP contribution >= 0.6 is 36.2 Å². The fraction of sp³-hybridized carbons (Fsp3) is 0.750. The number of nitrogens with two attached hydrogens (primary N) is 1. The van der Waals surface area contributed by atoms with E-state index in [1.165, 1.54) is 0 Å². The Morgan fingerprint density at radius 2 is 1.96 bits per heavy atom. The molecular weight excluding hydrogens is 369 g/mol. The molecule has 0 saturated heterocycles. The average Bonchev–Trinajstić information content (AvgIpc) is 2.98. The summed E-state index contributed by atoms with van der Waals surface area (Å²) in [5, 5.41) is 2.95. The minimum atomic E-state index is -0.452. The third kappa shape index (κ3) is 6.15. The van der Waals surface area contributed by atoms with E-state index in [1.54, 1.807) is 16.2 Å². The summed E-state index contributed by atoms with van der Waals surface area (Å²) in [5.41, 5.74) is 6.31. The molecule has 1 rings (SSSR count). The molecule has 1 aromatic rings. The Morgan fingerprint density at radius 3 is 2.42 bits per heavy atom. The van der Waals surface area contributed by atoms with Gasteiger partial charge in [-0.05, 0) is 26.7 Å². The molecule has 8 heteroatoms. The van der Waals surface area contributed by atoms with E-state index < -0.39 is 5.41 Å². The van der Waals surface area contributed by atoms with Crippen LogP contribution in [0.3, 0.4) is 0 Å². The molecule has 1 atom stereocenters. The van der Waals surface area contributed by atoms with Gasteiger partial charge < -0.3 is 15.4 Å². The molecule has 0 aliphatic rings. The maximum absolute atomic E-state index is 12.7. The van der Waals surface area contributed by atoms with Gasteiger partial charge in [0, 0.05) is 25.6 Å². The second kappa shape index (κ2) is 12.0. The third-order valence-corrected chi connectivity index (χ3v) is 5.33. The molecule has 1 unspecified atom stereocenters. The average molecular weight is 400 g/mol. The molecule has 1 amide bonds. The summed E-state index contributed by atoms with van der Waals surface area (Å²) in [5.74, 6) is 0.104. The number of thiazole rings is 1. The van der Waals surface area contributed by atoms with Crippen molar-refractivity contribution < 1.29 is 9.53 Å². The van der Waals surface area contributed by atoms with Gasteiger partial charge in [0.15, 0.2) is 0 Å². The van der Waals surface area contributed by atoms with E-state index in [-0.39, 0.29) is 36.8 Å². The van der Waals surface area contributed by atoms with Crippen molar-refractivity contribution in [3.05, 3.63) is 16.1 Å². The Kier molecular flexibility index (Phi) is 13.0. The van der Waals surface area contributed by atoms with Gasteiger partial charge in [-0.15, -0.1) is 36.2 Å². The lowest BCUT2D eigenvalue weighted by atomic mass is 9.81. The number of hydrogen-bond donors (Lipinski definition) is 1. The number of rotatable bonds is 9. The van der Waals surface area contributed by atoms with E-state index >= 15 is 0 Å². The van der Waals surface area contributed by atoms with Crippen LogP contribution in [0.5, 0.6) is 0 Å². The van der Waals surface area contributed by atoms with Gasteiger partial charge in [-0.3, -0.25) is 4.79 Å². The Bertz CT molecular complexity index is 473. The van der Waals surface area contributed by atoms with Gasteiger partial charge in [-0.1, -0.05) is 13.8 Å². The molecular formula is C16H31Cl2N3O2S. The zero-order valence-electron chi connectivity index (χ0n) is 15.2. The number of ether oxygens (including phenoxy) is 1. The van der Waals surface area contributed by atoms with Crippen molar-refractivity contribution in [2.45, 2.75) is 53.2 Å². The quantitative estimate of drug-likeness (QED) is 0.685. The molecule has 1 aromatic heterocycles. The Morgan fingerprint density at radius 1 is 1.38 bits per heavy atom. The first kappa shape index (κ1) is 25.8. The predicted molar refractivity (Wildman–Crippen MR) is 105 cm³/mol. The molecule has 0 saturated carbocycles. The van der Waals surface area contributed by atoms with Gasteiger partial charge >= 0.3 is 0 Å². The summed E-state index contributed by atoms with van der Waals surface area (Å²) in [6, 6.07) is 0. The van der Waals surface area contributed by atoms with E-state index in [0.717, 1.165) is 23.5 Å². The number of halogens is 2. The van der Waals surface area contributed by atoms with Gasteiger partial charge in [0.25, 0.3) is 0 Å². The predicted octanol–water partition coefficient (Wildman–Crippen LogP) is 3.81. The smallest absolute Gasteiger partial charge is 0.230 e. The lowest BCUT2D eigenvalue weighted by Crippen LogP contribution is -2.45. The third-order valence-electron chi connectivity index (χ3n) is 4.28. The van der Waals surface area contributed by atoms with E-state index in [1.807, 2.05) is 40.1 Å². The monoisotopic (exact) mass is 399 g/mol. The van der Waals surface area contributed by atoms with Crippen molar-refractivity contribution in [1.82, 2.24) is 9.88 Å². The highest BCUT2D eigenvalue weighted by Crippen LogP contribution is 2.28. The Balaban J connectivity index is 0. The lowest BCUT2D eigenvalue weighted by molar-refractivity contribution is -0.141. The number of aromatic nitrogens is 1. The highest BCUT2D eigenvalue weighted by atomic mass is 35.5. The van der Waals surface area contributed by atoms with Crippen molar-refractivity contribution in [2.75, 3.05) is 20.2 Å². The first-order valence-electron chi connectivity index (χ1n) is 7.95. The van der Waals surface area contributed by atoms with E-state index in [9.17, 15) is 4.79 Å². The molecule has 1 heterocycles. The second-order valence-electron chi connectivity index (χ2n) is 5.63. The van der Waals surface area contributed by atoms with Crippen molar-refractivity contribution in [3.8, 4) is 0 Å². The standard InChI is InChI=1S/C16H29N3O2S.2ClH/c1-6-16(7-2,11-17)15(20)19(5)9-13-10-22-14(18-13)12(4)21-8-3;;/h10,12H,6-9,11,17H2,1-5H3;2*1H. The van der Waals surface area contributed by atoms with Crippen LogP contribution in [0.25, 0.3) is 0 Å². The molecule has 24 heavy (non-hydrogen) atoms. The number of carbonyl (C=O) groups excluding carboxylic acids is 1. The lowest BCUT2D eigenvalue weighted by Gasteiger charge is -2.33. The molecule has 0 bridgehead atoms. The first-order valence-corrected chi connectivity index (χ1v) is 8.83. The molecule has 0 fully saturated rings. The molecule has 0 aliphatic heterocycles. The van der Waals surface area contributed by atoms with Crippen LogP contribution in [-0.4, -0.2) is 36.0 Å². The normalized spacial score (nSPS) is 12.1. The van der Waals surface area contributed by atoms with Crippen LogP contribution < -0.4 is 5.73 Å². The molecule has 142 valence electrons. The Hall–Kier alpha value is -0.400. The summed E-state index contributed by atoms with van der Waals surface area (Å²) in [7, 11) is 1.82. The van der Waals surface area contributed by atoms with Crippen LogP contribution in [0.15, 0.2) is 5.38 Å². The SMILES string of the molecule is CCOC(C)c1nc(CN(C)C(=O)C(CC)(CC)CN)cs1.Cl.Cl. The number of amides is 1. The topological polar surface area (TPSA) is 68.5 Å². The minimum absolute atomic E-state index is 0. The first-order chi connectivity index (χ1) is 10.4. The second-order valence-corrected chi connectivity index (χ2v) is 6.52. The van der Waals surface area contributed by atoms with Gasteiger partial charge in [-0.25, -0.2) is 4.98 Å². The van der Waals surface area contributed by atoms with Gasteiger partial charge in [0.1, 0.15) is 11.1 Å². The summed E-state index contributed by atoms with van der Waals surface area (Å²) >= 11 is 1.58. The van der Waals surface area contributed by atoms with Crippen LogP contribution in [0.2, 0.25) is 0 Å². The molecule has 0 aromatic carbocycles. The van der Waals surface area contributed by atoms with Crippen LogP contribution in [0, 0.1) is 5.41 Å². The zero-order chi connectivity index (χ0) is 16.8. The van der Waals surface area contributed by atoms with Crippen molar-refractivity contribution >= 4 is 42.1 Å². The molecule has 5 nitrogen and oxygen atoms in total. The number of nitrogens with zero attached hydrogens (tertiary/aromatic N) is 2. The fourth-order valence-electron chi connectivity index (χ4n) is 2.55. The van der Waals surface area contributed by atoms with E-state index in [2.05, 4.69) is 4.98 Å². The molecule has 0 aliphatic carbocycles. The van der Waals surface area contributed by atoms with Crippen LogP contribution in [0.4, 0.5) is 0 Å². The maximum Gasteiger partial charge on any atom is 0.230 e. The zero-order valence-corrected chi connectivity index (χ0v) is 17.7. The molecule has 2 N–H and O–H groups in total. The summed E-state index contributed by atoms with van der Waals surface area (Å²) in [6.45, 7) is 9.57. The van der Waals surface area contributed by atoms with Crippen LogP contribution in [0.1, 0.15) is 57.3 Å². The summed E-state index contributed by atoms with van der Waals surface area (Å²) in [4.78, 5) is 19.0. The minimum Gasteiger partial charge on any atom is -0.372 e. The highest BCUT2D eigenvalue weighted by Gasteiger charge is 2.35. The van der Waals surface area contributed by atoms with Gasteiger partial charge in [-0.2, -0.15) is 0 Å². The van der Waals surface area contributed by atoms with Crippen molar-refractivity contribution in [2.24, 2.45) is 11.1 Å². The van der Waals surface area contributed by atoms with Crippen molar-refractivity contribution in [1.29, 1.82) is 0 Å². The summed E-state index contributed by atoms with van der Waals surface area (Å²) < 4.78 is 5.55. The maximum atomic E-state index is 12.7. The van der Waals surface area contributed by atoms with E-state index in [0.29, 0.717) is 19.7 Å². The highest BCUT2D eigenvalue weighted by molar-refractivity contribution is 7.09. The van der Waals surface area contributed by atoms with E-state index in [4.69, 9.17) is 10.5 Å². The fourth-order valence-corrected chi connectivity index (χ4v) is 3.37. The van der Waals surface area contributed by atoms with Crippen LogP contribution in [-0.2, 0) is 16.1 Å². The van der Waals surface area contributed by atoms with Gasteiger partial charge in [0.05, 0.1) is 17.7 Å².